The van der Waals surface area contributed by atoms with Gasteiger partial charge in [-0.15, -0.1) is 0 Å². The first-order valence-corrected chi connectivity index (χ1v) is 6.33. The molecule has 0 saturated heterocycles. The highest BCUT2D eigenvalue weighted by Gasteiger charge is 2.11. The SMILES string of the molecule is Cc1cccc(=O)n1CCOc1cccc(B(O)O)c1. The number of pyridine rings is 1. The molecule has 0 saturated carbocycles. The summed E-state index contributed by atoms with van der Waals surface area (Å²) in [5.41, 5.74) is 1.18. The Labute approximate surface area is 117 Å². The first kappa shape index (κ1) is 14.4. The highest BCUT2D eigenvalue weighted by Crippen LogP contribution is 2.07. The number of ether oxygens (including phenoxy) is 1. The van der Waals surface area contributed by atoms with E-state index in [1.807, 2.05) is 13.0 Å². The number of hydrogen-bond acceptors (Lipinski definition) is 4. The van der Waals surface area contributed by atoms with Crippen LogP contribution >= 0.6 is 0 Å². The van der Waals surface area contributed by atoms with Crippen molar-refractivity contribution in [1.29, 1.82) is 0 Å². The Balaban J connectivity index is 2.00. The molecule has 20 heavy (non-hydrogen) atoms. The molecule has 0 atom stereocenters. The largest absolute Gasteiger partial charge is 0.492 e. The third-order valence-electron chi connectivity index (χ3n) is 3.01. The van der Waals surface area contributed by atoms with Gasteiger partial charge in [-0.1, -0.05) is 18.2 Å². The quantitative estimate of drug-likeness (QED) is 0.747. The van der Waals surface area contributed by atoms with E-state index in [0.29, 0.717) is 24.4 Å². The molecular formula is C14H16BNO4. The van der Waals surface area contributed by atoms with Gasteiger partial charge in [0.15, 0.2) is 0 Å². The van der Waals surface area contributed by atoms with Crippen molar-refractivity contribution in [2.24, 2.45) is 0 Å². The smallest absolute Gasteiger partial charge is 0.488 e. The van der Waals surface area contributed by atoms with Crippen molar-refractivity contribution in [3.8, 4) is 5.75 Å². The summed E-state index contributed by atoms with van der Waals surface area (Å²) in [5, 5.41) is 18.2. The van der Waals surface area contributed by atoms with Crippen LogP contribution in [0.1, 0.15) is 5.69 Å². The molecule has 6 heteroatoms. The van der Waals surface area contributed by atoms with Crippen molar-refractivity contribution in [2.75, 3.05) is 6.61 Å². The van der Waals surface area contributed by atoms with Gasteiger partial charge < -0.3 is 19.4 Å². The summed E-state index contributed by atoms with van der Waals surface area (Å²) in [4.78, 5) is 11.7. The van der Waals surface area contributed by atoms with Crippen molar-refractivity contribution < 1.29 is 14.8 Å². The molecule has 5 nitrogen and oxygen atoms in total. The minimum atomic E-state index is -1.52. The maximum absolute atomic E-state index is 11.7. The molecular weight excluding hydrogens is 257 g/mol. The number of nitrogens with zero attached hydrogens (tertiary/aromatic N) is 1. The van der Waals surface area contributed by atoms with E-state index in [1.165, 1.54) is 6.07 Å². The minimum absolute atomic E-state index is 0.0619. The molecule has 0 unspecified atom stereocenters. The van der Waals surface area contributed by atoms with Gasteiger partial charge in [0.2, 0.25) is 0 Å². The molecule has 0 amide bonds. The van der Waals surface area contributed by atoms with E-state index >= 15 is 0 Å². The zero-order chi connectivity index (χ0) is 14.5. The lowest BCUT2D eigenvalue weighted by molar-refractivity contribution is 0.295. The maximum Gasteiger partial charge on any atom is 0.488 e. The topological polar surface area (TPSA) is 71.7 Å². The van der Waals surface area contributed by atoms with Crippen LogP contribution in [0.3, 0.4) is 0 Å². The standard InChI is InChI=1S/C14H16BNO4/c1-11-4-2-7-14(17)16(11)8-9-20-13-6-3-5-12(10-13)15(18)19/h2-7,10,18-19H,8-9H2,1H3. The lowest BCUT2D eigenvalue weighted by atomic mass is 9.80. The molecule has 1 aromatic carbocycles. The summed E-state index contributed by atoms with van der Waals surface area (Å²) >= 11 is 0. The first-order valence-electron chi connectivity index (χ1n) is 6.33. The van der Waals surface area contributed by atoms with Crippen LogP contribution in [-0.2, 0) is 6.54 Å². The van der Waals surface area contributed by atoms with Gasteiger partial charge in [0, 0.05) is 11.8 Å². The molecule has 2 aromatic rings. The van der Waals surface area contributed by atoms with Gasteiger partial charge >= 0.3 is 7.12 Å². The molecule has 0 aliphatic carbocycles. The summed E-state index contributed by atoms with van der Waals surface area (Å²) in [7, 11) is -1.52. The van der Waals surface area contributed by atoms with Crippen molar-refractivity contribution in [3.63, 3.8) is 0 Å². The van der Waals surface area contributed by atoms with Gasteiger partial charge in [0.25, 0.3) is 5.56 Å². The van der Waals surface area contributed by atoms with Gasteiger partial charge in [-0.05, 0) is 30.6 Å². The van der Waals surface area contributed by atoms with Gasteiger partial charge in [-0.3, -0.25) is 4.79 Å². The van der Waals surface area contributed by atoms with E-state index in [9.17, 15) is 4.79 Å². The molecule has 104 valence electrons. The fourth-order valence-electron chi connectivity index (χ4n) is 1.93. The van der Waals surface area contributed by atoms with Gasteiger partial charge in [0.1, 0.15) is 12.4 Å². The van der Waals surface area contributed by atoms with E-state index in [4.69, 9.17) is 14.8 Å². The van der Waals surface area contributed by atoms with E-state index in [0.717, 1.165) is 5.69 Å². The van der Waals surface area contributed by atoms with Crippen LogP contribution in [0.5, 0.6) is 5.75 Å². The summed E-state index contributed by atoms with van der Waals surface area (Å²) in [6.07, 6.45) is 0. The summed E-state index contributed by atoms with van der Waals surface area (Å²) < 4.78 is 7.16. The number of aromatic nitrogens is 1. The van der Waals surface area contributed by atoms with Crippen LogP contribution in [0, 0.1) is 6.92 Å². The number of benzene rings is 1. The Morgan fingerprint density at radius 1 is 1.20 bits per heavy atom. The molecule has 2 rings (SSSR count). The lowest BCUT2D eigenvalue weighted by Crippen LogP contribution is -2.29. The van der Waals surface area contributed by atoms with Gasteiger partial charge in [-0.25, -0.2) is 0 Å². The van der Waals surface area contributed by atoms with Crippen molar-refractivity contribution >= 4 is 12.6 Å². The van der Waals surface area contributed by atoms with Gasteiger partial charge in [0.05, 0.1) is 6.54 Å². The Morgan fingerprint density at radius 2 is 1.95 bits per heavy atom. The van der Waals surface area contributed by atoms with Crippen LogP contribution in [0.2, 0.25) is 0 Å². The fourth-order valence-corrected chi connectivity index (χ4v) is 1.93. The molecule has 2 N–H and O–H groups in total. The van der Waals surface area contributed by atoms with Crippen LogP contribution in [-0.4, -0.2) is 28.3 Å². The number of rotatable bonds is 5. The predicted molar refractivity (Wildman–Crippen MR) is 77.2 cm³/mol. The van der Waals surface area contributed by atoms with Crippen molar-refractivity contribution in [1.82, 2.24) is 4.57 Å². The van der Waals surface area contributed by atoms with E-state index in [2.05, 4.69) is 0 Å². The monoisotopic (exact) mass is 273 g/mol. The van der Waals surface area contributed by atoms with Crippen LogP contribution in [0.25, 0.3) is 0 Å². The summed E-state index contributed by atoms with van der Waals surface area (Å²) in [6.45, 7) is 2.64. The highest BCUT2D eigenvalue weighted by molar-refractivity contribution is 6.58. The van der Waals surface area contributed by atoms with E-state index < -0.39 is 7.12 Å². The zero-order valence-corrected chi connectivity index (χ0v) is 11.2. The molecule has 0 aliphatic heterocycles. The maximum atomic E-state index is 11.7. The van der Waals surface area contributed by atoms with Crippen LogP contribution < -0.4 is 15.8 Å². The highest BCUT2D eigenvalue weighted by atomic mass is 16.5. The summed E-state index contributed by atoms with van der Waals surface area (Å²) in [5.74, 6) is 0.539. The molecule has 0 spiro atoms. The molecule has 0 bridgehead atoms. The van der Waals surface area contributed by atoms with Crippen LogP contribution in [0.4, 0.5) is 0 Å². The van der Waals surface area contributed by atoms with Crippen molar-refractivity contribution in [3.05, 3.63) is 58.5 Å². The zero-order valence-electron chi connectivity index (χ0n) is 11.2. The normalized spacial score (nSPS) is 10.3. The third-order valence-corrected chi connectivity index (χ3v) is 3.01. The number of hydrogen-bond donors (Lipinski definition) is 2. The Morgan fingerprint density at radius 3 is 2.65 bits per heavy atom. The molecule has 0 radical (unpaired) electrons. The second-order valence-electron chi connectivity index (χ2n) is 4.45. The molecule has 0 fully saturated rings. The Kier molecular flexibility index (Phi) is 4.60. The second-order valence-corrected chi connectivity index (χ2v) is 4.45. The molecule has 0 aliphatic rings. The second kappa shape index (κ2) is 6.41. The number of aryl methyl sites for hydroxylation is 1. The van der Waals surface area contributed by atoms with Crippen LogP contribution in [0.15, 0.2) is 47.3 Å². The third kappa shape index (κ3) is 3.49. The van der Waals surface area contributed by atoms with Gasteiger partial charge in [-0.2, -0.15) is 0 Å². The average Bonchev–Trinajstić information content (AvgIpc) is 2.42. The van der Waals surface area contributed by atoms with Crippen molar-refractivity contribution in [2.45, 2.75) is 13.5 Å². The van der Waals surface area contributed by atoms with E-state index in [1.54, 1.807) is 34.9 Å². The minimum Gasteiger partial charge on any atom is -0.492 e. The lowest BCUT2D eigenvalue weighted by Gasteiger charge is -2.11. The Bertz CT molecular complexity index is 639. The predicted octanol–water partition coefficient (Wildman–Crippen LogP) is -0.0845. The average molecular weight is 273 g/mol. The summed E-state index contributed by atoms with van der Waals surface area (Å²) in [6, 6.07) is 11.7. The molecule has 1 heterocycles. The van der Waals surface area contributed by atoms with E-state index in [-0.39, 0.29) is 5.56 Å². The Hall–Kier alpha value is -2.05. The molecule has 1 aromatic heterocycles. The fraction of sp³-hybridized carbons (Fsp3) is 0.214. The first-order chi connectivity index (χ1) is 9.58.